The molecule has 2 rings (SSSR count). The molecule has 3 heteroatoms. The second-order valence-electron chi connectivity index (χ2n) is 4.15. The minimum absolute atomic E-state index is 0.121. The summed E-state index contributed by atoms with van der Waals surface area (Å²) in [6, 6.07) is 2.06. The molecule has 0 aliphatic rings. The molecule has 2 aromatic rings. The summed E-state index contributed by atoms with van der Waals surface area (Å²) in [6.45, 7) is 6.62. The number of nitrogens with zero attached hydrogens (tertiary/aromatic N) is 3. The normalized spacial score (nSPS) is 12.2. The lowest BCUT2D eigenvalue weighted by Crippen LogP contribution is -2.24. The molecule has 0 aliphatic carbocycles. The first-order valence-electron chi connectivity index (χ1n) is 4.92. The summed E-state index contributed by atoms with van der Waals surface area (Å²) in [5, 5.41) is 1.11. The van der Waals surface area contributed by atoms with Gasteiger partial charge in [0.2, 0.25) is 0 Å². The van der Waals surface area contributed by atoms with Gasteiger partial charge in [-0.25, -0.2) is 9.97 Å². The lowest BCUT2D eigenvalue weighted by Gasteiger charge is -2.25. The highest BCUT2D eigenvalue weighted by Crippen LogP contribution is 2.24. The third-order valence-electron chi connectivity index (χ3n) is 2.87. The molecular formula is C11H15N3. The van der Waals surface area contributed by atoms with Crippen LogP contribution in [0.25, 0.3) is 11.0 Å². The Hall–Kier alpha value is -1.38. The van der Waals surface area contributed by atoms with Crippen LogP contribution in [0.15, 0.2) is 24.8 Å². The van der Waals surface area contributed by atoms with Gasteiger partial charge in [-0.3, -0.25) is 0 Å². The summed E-state index contributed by atoms with van der Waals surface area (Å²) >= 11 is 0. The first kappa shape index (κ1) is 9.19. The lowest BCUT2D eigenvalue weighted by atomic mass is 10.0. The molecule has 0 bridgehead atoms. The third kappa shape index (κ3) is 1.29. The van der Waals surface area contributed by atoms with Crippen LogP contribution in [0.5, 0.6) is 0 Å². The molecule has 0 aromatic carbocycles. The van der Waals surface area contributed by atoms with Crippen LogP contribution in [0.2, 0.25) is 0 Å². The van der Waals surface area contributed by atoms with Gasteiger partial charge in [0.15, 0.2) is 0 Å². The zero-order valence-electron chi connectivity index (χ0n) is 8.86. The molecular weight excluding hydrogens is 174 g/mol. The molecule has 3 nitrogen and oxygen atoms in total. The Morgan fingerprint density at radius 1 is 1.43 bits per heavy atom. The van der Waals surface area contributed by atoms with Gasteiger partial charge in [-0.15, -0.1) is 0 Å². The van der Waals surface area contributed by atoms with Crippen LogP contribution in [0.4, 0.5) is 0 Å². The Bertz CT molecular complexity index is 442. The van der Waals surface area contributed by atoms with Crippen LogP contribution in [0, 0.1) is 0 Å². The van der Waals surface area contributed by atoms with Crippen LogP contribution in [0.3, 0.4) is 0 Å². The van der Waals surface area contributed by atoms with Crippen molar-refractivity contribution >= 4 is 11.0 Å². The largest absolute Gasteiger partial charge is 0.327 e. The van der Waals surface area contributed by atoms with Crippen LogP contribution in [0.1, 0.15) is 27.2 Å². The number of aromatic nitrogens is 3. The molecule has 0 atom stereocenters. The highest BCUT2D eigenvalue weighted by molar-refractivity contribution is 5.74. The van der Waals surface area contributed by atoms with Crippen molar-refractivity contribution in [2.75, 3.05) is 0 Å². The predicted octanol–water partition coefficient (Wildman–Crippen LogP) is 2.58. The van der Waals surface area contributed by atoms with E-state index in [9.17, 15) is 0 Å². The fraction of sp³-hybridized carbons (Fsp3) is 0.455. The van der Waals surface area contributed by atoms with Crippen molar-refractivity contribution in [1.29, 1.82) is 0 Å². The molecule has 0 N–H and O–H groups in total. The summed E-state index contributed by atoms with van der Waals surface area (Å²) < 4.78 is 2.21. The van der Waals surface area contributed by atoms with E-state index in [0.29, 0.717) is 0 Å². The standard InChI is InChI=1S/C11H15N3/c1-4-11(2,3)14-6-5-9-7-12-8-13-10(9)14/h5-8H,4H2,1-3H3. The van der Waals surface area contributed by atoms with Gasteiger partial charge in [0.05, 0.1) is 0 Å². The van der Waals surface area contributed by atoms with E-state index in [2.05, 4.69) is 47.6 Å². The van der Waals surface area contributed by atoms with Gasteiger partial charge in [0.25, 0.3) is 0 Å². The molecule has 0 radical (unpaired) electrons. The second kappa shape index (κ2) is 3.08. The van der Waals surface area contributed by atoms with Gasteiger partial charge in [-0.2, -0.15) is 0 Å². The fourth-order valence-corrected chi connectivity index (χ4v) is 1.54. The van der Waals surface area contributed by atoms with Crippen molar-refractivity contribution < 1.29 is 0 Å². The molecule has 0 saturated heterocycles. The molecule has 0 amide bonds. The number of fused-ring (bicyclic) bond motifs is 1. The van der Waals surface area contributed by atoms with Gasteiger partial charge in [0.1, 0.15) is 12.0 Å². The second-order valence-corrected chi connectivity index (χ2v) is 4.15. The third-order valence-corrected chi connectivity index (χ3v) is 2.87. The van der Waals surface area contributed by atoms with E-state index < -0.39 is 0 Å². The Morgan fingerprint density at radius 3 is 2.93 bits per heavy atom. The molecule has 2 aromatic heterocycles. The summed E-state index contributed by atoms with van der Waals surface area (Å²) in [6.07, 6.45) is 6.62. The average molecular weight is 189 g/mol. The van der Waals surface area contributed by atoms with Crippen molar-refractivity contribution in [3.8, 4) is 0 Å². The van der Waals surface area contributed by atoms with E-state index in [1.165, 1.54) is 0 Å². The van der Waals surface area contributed by atoms with Crippen molar-refractivity contribution in [3.63, 3.8) is 0 Å². The van der Waals surface area contributed by atoms with Gasteiger partial charge in [-0.1, -0.05) is 6.92 Å². The number of hydrogen-bond acceptors (Lipinski definition) is 2. The van der Waals surface area contributed by atoms with Gasteiger partial charge >= 0.3 is 0 Å². The summed E-state index contributed by atoms with van der Waals surface area (Å²) in [7, 11) is 0. The quantitative estimate of drug-likeness (QED) is 0.727. The molecule has 0 saturated carbocycles. The smallest absolute Gasteiger partial charge is 0.143 e. The molecule has 14 heavy (non-hydrogen) atoms. The highest BCUT2D eigenvalue weighted by Gasteiger charge is 2.19. The minimum Gasteiger partial charge on any atom is -0.327 e. The van der Waals surface area contributed by atoms with E-state index in [1.54, 1.807) is 6.33 Å². The Balaban J connectivity index is 2.64. The fourth-order valence-electron chi connectivity index (χ4n) is 1.54. The van der Waals surface area contributed by atoms with Crippen molar-refractivity contribution in [3.05, 3.63) is 24.8 Å². The van der Waals surface area contributed by atoms with Crippen LogP contribution in [-0.2, 0) is 5.54 Å². The zero-order valence-corrected chi connectivity index (χ0v) is 8.86. The maximum atomic E-state index is 4.31. The Kier molecular flexibility index (Phi) is 2.02. The number of hydrogen-bond donors (Lipinski definition) is 0. The highest BCUT2D eigenvalue weighted by atomic mass is 15.1. The van der Waals surface area contributed by atoms with E-state index in [-0.39, 0.29) is 5.54 Å². The minimum atomic E-state index is 0.121. The first-order chi connectivity index (χ1) is 6.65. The van der Waals surface area contributed by atoms with Crippen LogP contribution >= 0.6 is 0 Å². The van der Waals surface area contributed by atoms with E-state index >= 15 is 0 Å². The van der Waals surface area contributed by atoms with Crippen molar-refractivity contribution in [1.82, 2.24) is 14.5 Å². The average Bonchev–Trinajstić information content (AvgIpc) is 2.61. The lowest BCUT2D eigenvalue weighted by molar-refractivity contribution is 0.352. The summed E-state index contributed by atoms with van der Waals surface area (Å²) in [4.78, 5) is 8.32. The molecule has 2 heterocycles. The van der Waals surface area contributed by atoms with Crippen molar-refractivity contribution in [2.45, 2.75) is 32.7 Å². The van der Waals surface area contributed by atoms with Crippen LogP contribution in [-0.4, -0.2) is 14.5 Å². The summed E-state index contributed by atoms with van der Waals surface area (Å²) in [5.41, 5.74) is 1.14. The zero-order chi connectivity index (χ0) is 10.2. The maximum Gasteiger partial charge on any atom is 0.143 e. The topological polar surface area (TPSA) is 30.7 Å². The van der Waals surface area contributed by atoms with E-state index in [4.69, 9.17) is 0 Å². The molecule has 0 unspecified atom stereocenters. The van der Waals surface area contributed by atoms with Crippen LogP contribution < -0.4 is 0 Å². The molecule has 0 aliphatic heterocycles. The van der Waals surface area contributed by atoms with Gasteiger partial charge in [-0.05, 0) is 26.3 Å². The number of rotatable bonds is 2. The predicted molar refractivity (Wildman–Crippen MR) is 57.1 cm³/mol. The molecule has 0 spiro atoms. The SMILES string of the molecule is CCC(C)(C)n1ccc2cncnc21. The molecule has 0 fully saturated rings. The first-order valence-corrected chi connectivity index (χ1v) is 4.92. The maximum absolute atomic E-state index is 4.31. The Morgan fingerprint density at radius 2 is 2.21 bits per heavy atom. The monoisotopic (exact) mass is 189 g/mol. The Labute approximate surface area is 83.8 Å². The molecule has 74 valence electrons. The summed E-state index contributed by atoms with van der Waals surface area (Å²) in [5.74, 6) is 0. The van der Waals surface area contributed by atoms with Gasteiger partial charge in [0, 0.05) is 23.3 Å². The van der Waals surface area contributed by atoms with E-state index in [0.717, 1.165) is 17.5 Å². The van der Waals surface area contributed by atoms with E-state index in [1.807, 2.05) is 6.20 Å². The van der Waals surface area contributed by atoms with Gasteiger partial charge < -0.3 is 4.57 Å². The van der Waals surface area contributed by atoms with Crippen molar-refractivity contribution in [2.24, 2.45) is 0 Å².